The van der Waals surface area contributed by atoms with Gasteiger partial charge in [-0.15, -0.1) is 0 Å². The zero-order valence-corrected chi connectivity index (χ0v) is 11.3. The molecule has 1 aromatic carbocycles. The molecule has 2 aromatic rings. The number of Topliss-reactive ketones (excluding diaryl/α,β-unsaturated/α-hetero) is 2. The summed E-state index contributed by atoms with van der Waals surface area (Å²) < 4.78 is 0. The summed E-state index contributed by atoms with van der Waals surface area (Å²) in [6.45, 7) is 2.46. The van der Waals surface area contributed by atoms with Crippen LogP contribution >= 0.6 is 0 Å². The molecule has 1 aromatic heterocycles. The van der Waals surface area contributed by atoms with Gasteiger partial charge in [-0.1, -0.05) is 6.07 Å². The molecule has 0 amide bonds. The highest BCUT2D eigenvalue weighted by molar-refractivity contribution is 6.04. The average Bonchev–Trinajstić information content (AvgIpc) is 2.42. The maximum atomic E-state index is 11.8. The second-order valence-electron chi connectivity index (χ2n) is 4.45. The molecule has 0 unspecified atom stereocenters. The standard InChI is InChI=1S/C13H12N4O4/c1-6(18)11(7(2)19)15-14-9-5-3-4-8-10(9)13(21)17-16-12(8)20/h3-5,11H,1-2H3,(H,16,20)(H,17,21). The fraction of sp³-hybridized carbons (Fsp3) is 0.231. The molecule has 8 nitrogen and oxygen atoms in total. The lowest BCUT2D eigenvalue weighted by atomic mass is 10.1. The molecule has 0 aliphatic rings. The third-order valence-electron chi connectivity index (χ3n) is 2.85. The minimum Gasteiger partial charge on any atom is -0.297 e. The number of hydrogen-bond donors (Lipinski definition) is 2. The summed E-state index contributed by atoms with van der Waals surface area (Å²) in [4.78, 5) is 46.0. The Morgan fingerprint density at radius 1 is 1.05 bits per heavy atom. The molecular formula is C13H12N4O4. The molecular weight excluding hydrogens is 276 g/mol. The number of benzene rings is 1. The van der Waals surface area contributed by atoms with E-state index in [9.17, 15) is 19.2 Å². The van der Waals surface area contributed by atoms with Crippen LogP contribution in [0.2, 0.25) is 0 Å². The zero-order valence-electron chi connectivity index (χ0n) is 11.3. The van der Waals surface area contributed by atoms with Gasteiger partial charge in [0.25, 0.3) is 11.1 Å². The van der Waals surface area contributed by atoms with E-state index in [1.807, 2.05) is 0 Å². The SMILES string of the molecule is CC(=O)C(N=Nc1cccc2c(=O)[nH][nH]c(=O)c12)C(C)=O. The summed E-state index contributed by atoms with van der Waals surface area (Å²) in [7, 11) is 0. The number of hydrogen-bond acceptors (Lipinski definition) is 6. The Bertz CT molecular complexity index is 848. The number of nitrogens with zero attached hydrogens (tertiary/aromatic N) is 2. The van der Waals surface area contributed by atoms with Gasteiger partial charge >= 0.3 is 0 Å². The molecule has 108 valence electrons. The number of fused-ring (bicyclic) bond motifs is 1. The maximum absolute atomic E-state index is 11.8. The van der Waals surface area contributed by atoms with Crippen molar-refractivity contribution in [1.82, 2.24) is 10.2 Å². The number of azo groups is 1. The molecule has 0 saturated carbocycles. The number of rotatable bonds is 4. The third kappa shape index (κ3) is 2.83. The van der Waals surface area contributed by atoms with E-state index in [4.69, 9.17) is 0 Å². The van der Waals surface area contributed by atoms with Crippen molar-refractivity contribution in [2.24, 2.45) is 10.2 Å². The number of aromatic amines is 2. The first-order valence-electron chi connectivity index (χ1n) is 6.07. The topological polar surface area (TPSA) is 125 Å². The van der Waals surface area contributed by atoms with Crippen molar-refractivity contribution in [3.63, 3.8) is 0 Å². The van der Waals surface area contributed by atoms with Gasteiger partial charge in [0.2, 0.25) is 0 Å². The number of aromatic nitrogens is 2. The number of H-pyrrole nitrogens is 2. The van der Waals surface area contributed by atoms with E-state index < -0.39 is 28.7 Å². The fourth-order valence-corrected chi connectivity index (χ4v) is 1.86. The number of carbonyl (C=O) groups excluding carboxylic acids is 2. The summed E-state index contributed by atoms with van der Waals surface area (Å²) in [6.07, 6.45) is 0. The van der Waals surface area contributed by atoms with Crippen LogP contribution in [0, 0.1) is 0 Å². The van der Waals surface area contributed by atoms with Gasteiger partial charge in [-0.3, -0.25) is 29.4 Å². The van der Waals surface area contributed by atoms with Crippen molar-refractivity contribution in [3.8, 4) is 0 Å². The van der Waals surface area contributed by atoms with Crippen LogP contribution in [0.5, 0.6) is 0 Å². The van der Waals surface area contributed by atoms with Crippen LogP contribution in [0.1, 0.15) is 13.8 Å². The second kappa shape index (κ2) is 5.61. The first-order chi connectivity index (χ1) is 9.91. The Morgan fingerprint density at radius 2 is 1.67 bits per heavy atom. The highest BCUT2D eigenvalue weighted by atomic mass is 16.2. The lowest BCUT2D eigenvalue weighted by Gasteiger charge is -2.03. The second-order valence-corrected chi connectivity index (χ2v) is 4.45. The summed E-state index contributed by atoms with van der Waals surface area (Å²) in [6, 6.07) is 3.26. The molecule has 2 N–H and O–H groups in total. The van der Waals surface area contributed by atoms with Crippen molar-refractivity contribution in [2.45, 2.75) is 19.9 Å². The van der Waals surface area contributed by atoms with Gasteiger partial charge in [-0.25, -0.2) is 0 Å². The molecule has 0 aliphatic heterocycles. The van der Waals surface area contributed by atoms with Crippen LogP contribution in [0.15, 0.2) is 38.0 Å². The van der Waals surface area contributed by atoms with Crippen molar-refractivity contribution < 1.29 is 9.59 Å². The van der Waals surface area contributed by atoms with Crippen molar-refractivity contribution in [2.75, 3.05) is 0 Å². The molecule has 0 radical (unpaired) electrons. The largest absolute Gasteiger partial charge is 0.297 e. The van der Waals surface area contributed by atoms with E-state index in [0.29, 0.717) is 0 Å². The van der Waals surface area contributed by atoms with E-state index in [2.05, 4.69) is 20.4 Å². The van der Waals surface area contributed by atoms with Crippen molar-refractivity contribution in [1.29, 1.82) is 0 Å². The summed E-state index contributed by atoms with van der Waals surface area (Å²) in [5.41, 5.74) is -0.898. The van der Waals surface area contributed by atoms with E-state index in [-0.39, 0.29) is 16.5 Å². The van der Waals surface area contributed by atoms with Crippen LogP contribution in [0.3, 0.4) is 0 Å². The van der Waals surface area contributed by atoms with Gasteiger partial charge in [0.15, 0.2) is 17.6 Å². The van der Waals surface area contributed by atoms with Gasteiger partial charge in [0, 0.05) is 0 Å². The van der Waals surface area contributed by atoms with Crippen LogP contribution in [0.4, 0.5) is 5.69 Å². The molecule has 2 rings (SSSR count). The van der Waals surface area contributed by atoms with Crippen LogP contribution < -0.4 is 11.1 Å². The van der Waals surface area contributed by atoms with E-state index in [0.717, 1.165) is 0 Å². The molecule has 8 heteroatoms. The first kappa shape index (κ1) is 14.5. The van der Waals surface area contributed by atoms with Crippen molar-refractivity contribution >= 4 is 28.0 Å². The monoisotopic (exact) mass is 288 g/mol. The predicted octanol–water partition coefficient (Wildman–Crippen LogP) is 0.847. The maximum Gasteiger partial charge on any atom is 0.272 e. The van der Waals surface area contributed by atoms with Crippen molar-refractivity contribution in [3.05, 3.63) is 38.9 Å². The van der Waals surface area contributed by atoms with E-state index >= 15 is 0 Å². The highest BCUT2D eigenvalue weighted by Crippen LogP contribution is 2.21. The first-order valence-corrected chi connectivity index (χ1v) is 6.07. The Kier molecular flexibility index (Phi) is 3.88. The molecule has 0 spiro atoms. The minimum atomic E-state index is -1.21. The fourth-order valence-electron chi connectivity index (χ4n) is 1.86. The zero-order chi connectivity index (χ0) is 15.6. The number of carbonyl (C=O) groups is 2. The van der Waals surface area contributed by atoms with Crippen LogP contribution in [-0.2, 0) is 9.59 Å². The number of ketones is 2. The Labute approximate surface area is 117 Å². The molecule has 0 saturated heterocycles. The lowest BCUT2D eigenvalue weighted by molar-refractivity contribution is -0.126. The summed E-state index contributed by atoms with van der Waals surface area (Å²) in [5.74, 6) is -0.892. The van der Waals surface area contributed by atoms with Gasteiger partial charge in [-0.2, -0.15) is 10.2 Å². The van der Waals surface area contributed by atoms with Gasteiger partial charge in [0.05, 0.1) is 16.5 Å². The number of nitrogens with one attached hydrogen (secondary N) is 2. The quantitative estimate of drug-likeness (QED) is 0.639. The lowest BCUT2D eigenvalue weighted by Crippen LogP contribution is -2.23. The predicted molar refractivity (Wildman–Crippen MR) is 74.9 cm³/mol. The van der Waals surface area contributed by atoms with Gasteiger partial charge in [-0.05, 0) is 26.0 Å². The molecule has 0 bridgehead atoms. The van der Waals surface area contributed by atoms with E-state index in [1.165, 1.54) is 32.0 Å². The minimum absolute atomic E-state index is 0.0517. The molecule has 0 fully saturated rings. The van der Waals surface area contributed by atoms with Crippen LogP contribution in [0.25, 0.3) is 10.8 Å². The summed E-state index contributed by atoms with van der Waals surface area (Å²) >= 11 is 0. The normalized spacial score (nSPS) is 11.4. The molecule has 21 heavy (non-hydrogen) atoms. The molecule has 1 heterocycles. The Hall–Kier alpha value is -2.90. The highest BCUT2D eigenvalue weighted by Gasteiger charge is 2.18. The van der Waals surface area contributed by atoms with Gasteiger partial charge < -0.3 is 0 Å². The van der Waals surface area contributed by atoms with E-state index in [1.54, 1.807) is 0 Å². The average molecular weight is 288 g/mol. The van der Waals surface area contributed by atoms with Crippen LogP contribution in [-0.4, -0.2) is 27.8 Å². The Balaban J connectivity index is 2.61. The third-order valence-corrected chi connectivity index (χ3v) is 2.85. The van der Waals surface area contributed by atoms with Gasteiger partial charge in [0.1, 0.15) is 0 Å². The Morgan fingerprint density at radius 3 is 2.29 bits per heavy atom. The molecule has 0 aliphatic carbocycles. The molecule has 0 atom stereocenters. The smallest absolute Gasteiger partial charge is 0.272 e. The summed E-state index contributed by atoms with van der Waals surface area (Å²) in [5, 5.41) is 12.1.